The molecule has 0 bridgehead atoms. The zero-order valence-corrected chi connectivity index (χ0v) is 27.2. The van der Waals surface area contributed by atoms with Gasteiger partial charge in [0.05, 0.1) is 30.7 Å². The second-order valence-electron chi connectivity index (χ2n) is 11.3. The van der Waals surface area contributed by atoms with Crippen LogP contribution in [0, 0.1) is 10.8 Å². The molecule has 0 aromatic rings. The zero-order valence-electron chi connectivity index (χ0n) is 27.2. The lowest BCUT2D eigenvalue weighted by Gasteiger charge is -2.35. The van der Waals surface area contributed by atoms with E-state index in [2.05, 4.69) is 0 Å². The fourth-order valence-electron chi connectivity index (χ4n) is 3.44. The smallest absolute Gasteiger partial charge is 0.313 e. The summed E-state index contributed by atoms with van der Waals surface area (Å²) in [6, 6.07) is 0. The highest BCUT2D eigenvalue weighted by Crippen LogP contribution is 2.26. The third-order valence-corrected chi connectivity index (χ3v) is 5.82. The summed E-state index contributed by atoms with van der Waals surface area (Å²) in [5.41, 5.74) is -3.42. The van der Waals surface area contributed by atoms with E-state index in [-0.39, 0.29) is 0 Å². The topological polar surface area (TPSA) is 246 Å². The quantitative estimate of drug-likeness (QED) is 0.0733. The first kappa shape index (κ1) is 42.6. The fraction of sp³-hybridized carbons (Fsp3) is 0.667. The van der Waals surface area contributed by atoms with Gasteiger partial charge in [0.15, 0.2) is 0 Å². The van der Waals surface area contributed by atoms with Crippen LogP contribution in [0.1, 0.15) is 66.7 Å². The average Bonchev–Trinajstić information content (AvgIpc) is 2.93. The van der Waals surface area contributed by atoms with Crippen LogP contribution >= 0.6 is 0 Å². The van der Waals surface area contributed by atoms with Crippen LogP contribution in [0.15, 0.2) is 0 Å². The minimum Gasteiger partial charge on any atom is -0.464 e. The van der Waals surface area contributed by atoms with Gasteiger partial charge in [-0.05, 0) is 34.6 Å². The number of ether oxygens (including phenoxy) is 6. The number of Topliss-reactive ketones (excluding diaryl/α,β-unsaturated/α-hetero) is 5. The largest absolute Gasteiger partial charge is 0.464 e. The number of carbonyl (C=O) groups is 10. The van der Waals surface area contributed by atoms with E-state index in [9.17, 15) is 53.1 Å². The molecule has 0 saturated carbocycles. The third kappa shape index (κ3) is 20.4. The maximum atomic E-state index is 12.2. The molecule has 264 valence electrons. The van der Waals surface area contributed by atoms with E-state index in [1.165, 1.54) is 0 Å². The predicted molar refractivity (Wildman–Crippen MR) is 154 cm³/mol. The fourth-order valence-corrected chi connectivity index (χ4v) is 3.44. The van der Waals surface area contributed by atoms with Gasteiger partial charge in [-0.15, -0.1) is 0 Å². The van der Waals surface area contributed by atoms with E-state index < -0.39 is 155 Å². The Morgan fingerprint density at radius 3 is 0.809 bits per heavy atom. The van der Waals surface area contributed by atoms with Crippen LogP contribution in [0.2, 0.25) is 0 Å². The summed E-state index contributed by atoms with van der Waals surface area (Å²) in [5, 5.41) is 10.3. The molecule has 0 aliphatic carbocycles. The molecule has 0 unspecified atom stereocenters. The van der Waals surface area contributed by atoms with Gasteiger partial charge in [0.2, 0.25) is 0 Å². The number of hydrogen-bond acceptors (Lipinski definition) is 17. The summed E-state index contributed by atoms with van der Waals surface area (Å²) in [6.07, 6.45) is -3.08. The Labute approximate surface area is 270 Å². The molecule has 0 radical (unpaired) electrons. The molecule has 0 aromatic carbocycles. The maximum Gasteiger partial charge on any atom is 0.313 e. The van der Waals surface area contributed by atoms with Crippen molar-refractivity contribution in [3.63, 3.8) is 0 Å². The molecule has 0 aromatic heterocycles. The van der Waals surface area contributed by atoms with Crippen LogP contribution in [-0.4, -0.2) is 117 Å². The minimum atomic E-state index is -1.73. The number of aliphatic hydroxyl groups is 1. The molecule has 17 nitrogen and oxygen atoms in total. The van der Waals surface area contributed by atoms with Gasteiger partial charge < -0.3 is 33.5 Å². The zero-order chi connectivity index (χ0) is 36.2. The van der Waals surface area contributed by atoms with Crippen LogP contribution in [0.5, 0.6) is 0 Å². The summed E-state index contributed by atoms with van der Waals surface area (Å²) in [4.78, 5) is 118. The monoisotopic (exact) mass is 674 g/mol. The van der Waals surface area contributed by atoms with Crippen molar-refractivity contribution in [2.24, 2.45) is 10.8 Å². The number of rotatable bonds is 25. The van der Waals surface area contributed by atoms with Crippen LogP contribution in [0.3, 0.4) is 0 Å². The lowest BCUT2D eigenvalue weighted by atomic mass is 9.90. The molecule has 0 heterocycles. The molecule has 17 heteroatoms. The van der Waals surface area contributed by atoms with E-state index in [0.29, 0.717) is 0 Å². The Morgan fingerprint density at radius 2 is 0.596 bits per heavy atom. The van der Waals surface area contributed by atoms with Gasteiger partial charge in [-0.3, -0.25) is 47.9 Å². The van der Waals surface area contributed by atoms with Crippen LogP contribution in [-0.2, 0) is 76.4 Å². The van der Waals surface area contributed by atoms with Gasteiger partial charge in [-0.2, -0.15) is 0 Å². The Balaban J connectivity index is 6.35. The van der Waals surface area contributed by atoms with E-state index in [1.54, 1.807) is 0 Å². The van der Waals surface area contributed by atoms with Crippen molar-refractivity contribution in [1.29, 1.82) is 0 Å². The van der Waals surface area contributed by atoms with E-state index in [1.807, 2.05) is 0 Å². The van der Waals surface area contributed by atoms with Gasteiger partial charge in [0.25, 0.3) is 0 Å². The van der Waals surface area contributed by atoms with Gasteiger partial charge in [-0.1, -0.05) is 0 Å². The SMILES string of the molecule is CC(=O)CC(=O)OCC(CO)(COCC(COC(=O)CC(C)=O)(COC(=O)CC(C)=O)COC(=O)CC(C)=O)COC(=O)CC(C)=O. The molecule has 0 atom stereocenters. The standard InChI is InChI=1S/C30H42O17/c1-19(32)6-24(37)43-14-29(11-31,15-44-25(38)7-20(2)33)12-42-13-30(16-45-26(39)8-21(3)34,17-46-27(40)9-22(4)35)18-47-28(41)10-23(5)36/h31H,6-18H2,1-5H3. The number of esters is 5. The first-order valence-corrected chi connectivity index (χ1v) is 14.3. The van der Waals surface area contributed by atoms with Crippen LogP contribution < -0.4 is 0 Å². The van der Waals surface area contributed by atoms with E-state index >= 15 is 0 Å². The number of ketones is 5. The maximum absolute atomic E-state index is 12.2. The number of carbonyl (C=O) groups excluding carboxylic acids is 10. The van der Waals surface area contributed by atoms with Gasteiger partial charge >= 0.3 is 29.8 Å². The second kappa shape index (κ2) is 21.4. The third-order valence-electron chi connectivity index (χ3n) is 5.82. The highest BCUT2D eigenvalue weighted by Gasteiger charge is 2.40. The van der Waals surface area contributed by atoms with Gasteiger partial charge in [0.1, 0.15) is 94.1 Å². The Morgan fingerprint density at radius 1 is 0.383 bits per heavy atom. The Bertz CT molecular complexity index is 1070. The first-order chi connectivity index (χ1) is 21.8. The molecular weight excluding hydrogens is 632 g/mol. The molecule has 0 saturated heterocycles. The summed E-state index contributed by atoms with van der Waals surface area (Å²) in [5.74, 6) is -7.56. The van der Waals surface area contributed by atoms with Crippen molar-refractivity contribution in [2.45, 2.75) is 66.7 Å². The number of aliphatic hydroxyl groups excluding tert-OH is 1. The van der Waals surface area contributed by atoms with Crippen molar-refractivity contribution in [3.05, 3.63) is 0 Å². The molecule has 1 N–H and O–H groups in total. The van der Waals surface area contributed by atoms with Crippen molar-refractivity contribution >= 4 is 58.8 Å². The molecule has 0 aliphatic rings. The van der Waals surface area contributed by atoms with Crippen molar-refractivity contribution < 1.29 is 81.5 Å². The summed E-state index contributed by atoms with van der Waals surface area (Å²) in [6.45, 7) is 0.286. The van der Waals surface area contributed by atoms with Crippen molar-refractivity contribution in [3.8, 4) is 0 Å². The molecule has 0 fully saturated rings. The summed E-state index contributed by atoms with van der Waals surface area (Å²) >= 11 is 0. The molecule has 0 aliphatic heterocycles. The number of hydrogen-bond donors (Lipinski definition) is 1. The Hall–Kier alpha value is -4.38. The van der Waals surface area contributed by atoms with Crippen molar-refractivity contribution in [1.82, 2.24) is 0 Å². The molecule has 0 spiro atoms. The predicted octanol–water partition coefficient (Wildman–Crippen LogP) is -0.420. The van der Waals surface area contributed by atoms with Crippen LogP contribution in [0.4, 0.5) is 0 Å². The highest BCUT2D eigenvalue weighted by molar-refractivity contribution is 5.96. The summed E-state index contributed by atoms with van der Waals surface area (Å²) < 4.78 is 31.5. The normalized spacial score (nSPS) is 11.1. The second-order valence-corrected chi connectivity index (χ2v) is 11.3. The minimum absolute atomic E-state index is 0.517. The van der Waals surface area contributed by atoms with Gasteiger partial charge in [0, 0.05) is 0 Å². The Kier molecular flexibility index (Phi) is 19.4. The van der Waals surface area contributed by atoms with Crippen LogP contribution in [0.25, 0.3) is 0 Å². The first-order valence-electron chi connectivity index (χ1n) is 14.3. The van der Waals surface area contributed by atoms with E-state index in [4.69, 9.17) is 28.4 Å². The molecule has 0 rings (SSSR count). The average molecular weight is 675 g/mol. The molecule has 0 amide bonds. The highest BCUT2D eigenvalue weighted by atomic mass is 16.6. The van der Waals surface area contributed by atoms with Gasteiger partial charge in [-0.25, -0.2) is 0 Å². The van der Waals surface area contributed by atoms with E-state index in [0.717, 1.165) is 34.6 Å². The summed E-state index contributed by atoms with van der Waals surface area (Å²) in [7, 11) is 0. The molecule has 47 heavy (non-hydrogen) atoms. The lowest BCUT2D eigenvalue weighted by molar-refractivity contribution is -0.171. The molecular formula is C30H42O17. The lowest BCUT2D eigenvalue weighted by Crippen LogP contribution is -2.47. The van der Waals surface area contributed by atoms with Crippen molar-refractivity contribution in [2.75, 3.05) is 52.9 Å².